The van der Waals surface area contributed by atoms with Crippen LogP contribution in [0.15, 0.2) is 30.5 Å². The zero-order valence-electron chi connectivity index (χ0n) is 11.9. The third-order valence-corrected chi connectivity index (χ3v) is 4.33. The molecule has 0 saturated heterocycles. The van der Waals surface area contributed by atoms with Gasteiger partial charge < -0.3 is 10.1 Å². The number of thiazole rings is 1. The first-order valence-electron chi connectivity index (χ1n) is 7.18. The Kier molecular flexibility index (Phi) is 4.03. The number of ether oxygens (including phenoxy) is 1. The summed E-state index contributed by atoms with van der Waals surface area (Å²) in [5, 5.41) is 4.64. The largest absolute Gasteiger partial charge is 0.490 e. The number of nitrogens with one attached hydrogen (secondary N) is 1. The van der Waals surface area contributed by atoms with Crippen molar-refractivity contribution in [3.63, 3.8) is 0 Å². The summed E-state index contributed by atoms with van der Waals surface area (Å²) in [6, 6.07) is 8.63. The summed E-state index contributed by atoms with van der Waals surface area (Å²) in [6.07, 6.45) is 4.79. The highest BCUT2D eigenvalue weighted by Crippen LogP contribution is 2.31. The molecule has 2 aromatic rings. The van der Waals surface area contributed by atoms with E-state index in [1.165, 1.54) is 23.3 Å². The molecule has 1 saturated carbocycles. The maximum atomic E-state index is 5.90. The molecule has 0 amide bonds. The molecule has 1 aliphatic rings. The zero-order valence-corrected chi connectivity index (χ0v) is 12.7. The van der Waals surface area contributed by atoms with Crippen molar-refractivity contribution in [2.45, 2.75) is 38.8 Å². The van der Waals surface area contributed by atoms with Crippen LogP contribution in [0.5, 0.6) is 5.75 Å². The lowest BCUT2D eigenvalue weighted by Crippen LogP contribution is -2.21. The number of nitrogens with zero attached hydrogens (tertiary/aromatic N) is 1. The van der Waals surface area contributed by atoms with Crippen molar-refractivity contribution in [2.24, 2.45) is 0 Å². The van der Waals surface area contributed by atoms with Crippen molar-refractivity contribution in [1.29, 1.82) is 0 Å². The van der Waals surface area contributed by atoms with Crippen LogP contribution in [0.3, 0.4) is 0 Å². The van der Waals surface area contributed by atoms with Gasteiger partial charge in [-0.2, -0.15) is 0 Å². The van der Waals surface area contributed by atoms with Gasteiger partial charge in [0.1, 0.15) is 5.75 Å². The Bertz CT molecular complexity index is 577. The van der Waals surface area contributed by atoms with E-state index in [1.54, 1.807) is 11.3 Å². The lowest BCUT2D eigenvalue weighted by molar-refractivity contribution is 0.302. The summed E-state index contributed by atoms with van der Waals surface area (Å²) in [7, 11) is 0. The zero-order chi connectivity index (χ0) is 13.9. The van der Waals surface area contributed by atoms with Crippen molar-refractivity contribution in [3.05, 3.63) is 45.9 Å². The summed E-state index contributed by atoms with van der Waals surface area (Å²) < 4.78 is 5.90. The molecule has 3 nitrogen and oxygen atoms in total. The van der Waals surface area contributed by atoms with E-state index in [2.05, 4.69) is 35.4 Å². The van der Waals surface area contributed by atoms with Gasteiger partial charge in [-0.1, -0.05) is 19.1 Å². The van der Waals surface area contributed by atoms with E-state index in [4.69, 9.17) is 4.74 Å². The van der Waals surface area contributed by atoms with Crippen molar-refractivity contribution in [1.82, 2.24) is 10.3 Å². The molecule has 1 aromatic carbocycles. The molecule has 1 fully saturated rings. The number of hydrogen-bond acceptors (Lipinski definition) is 4. The van der Waals surface area contributed by atoms with Crippen LogP contribution in [0, 0.1) is 6.92 Å². The van der Waals surface area contributed by atoms with Crippen molar-refractivity contribution in [3.8, 4) is 5.75 Å². The number of aryl methyl sites for hydroxylation is 1. The lowest BCUT2D eigenvalue weighted by atomic mass is 10.1. The summed E-state index contributed by atoms with van der Waals surface area (Å²) in [6.45, 7) is 5.10. The molecule has 1 atom stereocenters. The molecule has 1 N–H and O–H groups in total. The van der Waals surface area contributed by atoms with E-state index in [9.17, 15) is 0 Å². The average molecular weight is 288 g/mol. The lowest BCUT2D eigenvalue weighted by Gasteiger charge is -2.17. The minimum absolute atomic E-state index is 0.203. The van der Waals surface area contributed by atoms with E-state index in [0.717, 1.165) is 17.3 Å². The van der Waals surface area contributed by atoms with E-state index in [0.29, 0.717) is 6.10 Å². The molecule has 0 bridgehead atoms. The van der Waals surface area contributed by atoms with Crippen LogP contribution < -0.4 is 10.1 Å². The summed E-state index contributed by atoms with van der Waals surface area (Å²) in [5.74, 6) is 0.981. The SMILES string of the molecule is CCNC(c1cccc(OC2CC2)c1)c1cnc(C)s1. The molecular formula is C16H20N2OS. The molecule has 1 heterocycles. The first-order valence-corrected chi connectivity index (χ1v) is 8.00. The first-order chi connectivity index (χ1) is 9.76. The van der Waals surface area contributed by atoms with E-state index >= 15 is 0 Å². The predicted octanol–water partition coefficient (Wildman–Crippen LogP) is 3.69. The Balaban J connectivity index is 1.86. The van der Waals surface area contributed by atoms with Crippen LogP contribution >= 0.6 is 11.3 Å². The van der Waals surface area contributed by atoms with Crippen LogP contribution in [0.4, 0.5) is 0 Å². The summed E-state index contributed by atoms with van der Waals surface area (Å²) in [4.78, 5) is 5.63. The van der Waals surface area contributed by atoms with Crippen LogP contribution in [0.2, 0.25) is 0 Å². The fourth-order valence-electron chi connectivity index (χ4n) is 2.24. The average Bonchev–Trinajstić information content (AvgIpc) is 3.16. The quantitative estimate of drug-likeness (QED) is 0.880. The van der Waals surface area contributed by atoms with Gasteiger partial charge in [-0.25, -0.2) is 4.98 Å². The molecule has 0 spiro atoms. The van der Waals surface area contributed by atoms with Gasteiger partial charge in [-0.15, -0.1) is 11.3 Å². The number of rotatable bonds is 6. The van der Waals surface area contributed by atoms with Crippen LogP contribution in [0.1, 0.15) is 41.3 Å². The van der Waals surface area contributed by atoms with Crippen molar-refractivity contribution in [2.75, 3.05) is 6.54 Å². The summed E-state index contributed by atoms with van der Waals surface area (Å²) in [5.41, 5.74) is 1.24. The predicted molar refractivity (Wildman–Crippen MR) is 82.5 cm³/mol. The fraction of sp³-hybridized carbons (Fsp3) is 0.438. The maximum absolute atomic E-state index is 5.90. The van der Waals surface area contributed by atoms with Gasteiger partial charge in [0.25, 0.3) is 0 Å². The van der Waals surface area contributed by atoms with Gasteiger partial charge in [0.2, 0.25) is 0 Å². The molecule has 1 unspecified atom stereocenters. The summed E-state index contributed by atoms with van der Waals surface area (Å²) >= 11 is 1.75. The Hall–Kier alpha value is -1.39. The molecule has 1 aromatic heterocycles. The van der Waals surface area contributed by atoms with Gasteiger partial charge in [0.15, 0.2) is 0 Å². The smallest absolute Gasteiger partial charge is 0.120 e. The van der Waals surface area contributed by atoms with E-state index < -0.39 is 0 Å². The molecule has 4 heteroatoms. The third-order valence-electron chi connectivity index (χ3n) is 3.35. The first kappa shape index (κ1) is 13.6. The number of aromatic nitrogens is 1. The highest BCUT2D eigenvalue weighted by molar-refractivity contribution is 7.11. The molecule has 106 valence electrons. The molecule has 0 radical (unpaired) electrons. The maximum Gasteiger partial charge on any atom is 0.120 e. The molecule has 20 heavy (non-hydrogen) atoms. The topological polar surface area (TPSA) is 34.1 Å². The molecule has 3 rings (SSSR count). The van der Waals surface area contributed by atoms with E-state index in [-0.39, 0.29) is 6.04 Å². The van der Waals surface area contributed by atoms with Crippen LogP contribution in [-0.2, 0) is 0 Å². The van der Waals surface area contributed by atoms with Crippen molar-refractivity contribution >= 4 is 11.3 Å². The van der Waals surface area contributed by atoms with Gasteiger partial charge >= 0.3 is 0 Å². The Morgan fingerprint density at radius 3 is 2.95 bits per heavy atom. The second-order valence-corrected chi connectivity index (χ2v) is 6.43. The Morgan fingerprint density at radius 2 is 2.30 bits per heavy atom. The number of hydrogen-bond donors (Lipinski definition) is 1. The number of benzene rings is 1. The molecule has 1 aliphatic carbocycles. The van der Waals surface area contributed by atoms with Gasteiger partial charge in [0, 0.05) is 11.1 Å². The minimum atomic E-state index is 0.203. The normalized spacial score (nSPS) is 16.1. The fourth-order valence-corrected chi connectivity index (χ4v) is 3.13. The molecular weight excluding hydrogens is 268 g/mol. The highest BCUT2D eigenvalue weighted by Gasteiger charge is 2.24. The second-order valence-electron chi connectivity index (χ2n) is 5.16. The monoisotopic (exact) mass is 288 g/mol. The third kappa shape index (κ3) is 3.19. The van der Waals surface area contributed by atoms with Gasteiger partial charge in [-0.3, -0.25) is 0 Å². The van der Waals surface area contributed by atoms with Gasteiger partial charge in [0.05, 0.1) is 17.2 Å². The second kappa shape index (κ2) is 5.94. The Labute approximate surface area is 124 Å². The van der Waals surface area contributed by atoms with Crippen molar-refractivity contribution < 1.29 is 4.74 Å². The standard InChI is InChI=1S/C16H20N2OS/c1-3-17-16(15-10-18-11(2)20-15)12-5-4-6-14(9-12)19-13-7-8-13/h4-6,9-10,13,16-17H,3,7-8H2,1-2H3. The minimum Gasteiger partial charge on any atom is -0.490 e. The Morgan fingerprint density at radius 1 is 1.45 bits per heavy atom. The van der Waals surface area contributed by atoms with E-state index in [1.807, 2.05) is 19.2 Å². The molecule has 0 aliphatic heterocycles. The highest BCUT2D eigenvalue weighted by atomic mass is 32.1. The van der Waals surface area contributed by atoms with Gasteiger partial charge in [-0.05, 0) is 44.0 Å². The van der Waals surface area contributed by atoms with Crippen LogP contribution in [-0.4, -0.2) is 17.6 Å². The van der Waals surface area contributed by atoms with Crippen LogP contribution in [0.25, 0.3) is 0 Å².